The molecule has 3 nitrogen and oxygen atoms in total. The van der Waals surface area contributed by atoms with E-state index in [1.54, 1.807) is 6.21 Å². The summed E-state index contributed by atoms with van der Waals surface area (Å²) in [6, 6.07) is 23.7. The van der Waals surface area contributed by atoms with Gasteiger partial charge in [-0.25, -0.2) is 5.43 Å². The molecular formula is C19H16N2O. The fourth-order valence-corrected chi connectivity index (χ4v) is 2.38. The number of benzene rings is 3. The first-order valence-corrected chi connectivity index (χ1v) is 7.16. The Bertz CT molecular complexity index is 805. The molecule has 1 amide bonds. The number of fused-ring (bicyclic) bond motifs is 1. The molecule has 3 rings (SSSR count). The standard InChI is InChI=1S/C19H16N2O/c22-19(21-20-14-15-7-2-1-3-8-15)13-17-11-6-10-16-9-4-5-12-18(16)17/h1-12,14H,13H2,(H,21,22). The number of nitrogens with zero attached hydrogens (tertiary/aromatic N) is 1. The molecule has 0 aliphatic rings. The van der Waals surface area contributed by atoms with Crippen LogP contribution in [0.5, 0.6) is 0 Å². The van der Waals surface area contributed by atoms with Crippen LogP contribution in [0.3, 0.4) is 0 Å². The van der Waals surface area contributed by atoms with Gasteiger partial charge >= 0.3 is 0 Å². The van der Waals surface area contributed by atoms with Crippen LogP contribution in [0.25, 0.3) is 10.8 Å². The SMILES string of the molecule is O=C(Cc1cccc2ccccc12)NN=Cc1ccccc1. The largest absolute Gasteiger partial charge is 0.273 e. The number of hydrogen-bond acceptors (Lipinski definition) is 2. The molecule has 0 atom stereocenters. The number of hydrazone groups is 1. The summed E-state index contributed by atoms with van der Waals surface area (Å²) in [7, 11) is 0. The Kier molecular flexibility index (Phi) is 4.25. The first-order chi connectivity index (χ1) is 10.8. The number of amides is 1. The zero-order valence-electron chi connectivity index (χ0n) is 12.1. The Labute approximate surface area is 129 Å². The molecule has 0 aliphatic carbocycles. The van der Waals surface area contributed by atoms with Crippen LogP contribution in [-0.4, -0.2) is 12.1 Å². The lowest BCUT2D eigenvalue weighted by Gasteiger charge is -2.05. The molecule has 0 saturated heterocycles. The molecule has 0 fully saturated rings. The van der Waals surface area contributed by atoms with Crippen LogP contribution in [0.2, 0.25) is 0 Å². The van der Waals surface area contributed by atoms with E-state index in [0.717, 1.165) is 21.9 Å². The molecule has 0 saturated carbocycles. The minimum absolute atomic E-state index is 0.122. The van der Waals surface area contributed by atoms with Gasteiger partial charge in [-0.2, -0.15) is 5.10 Å². The van der Waals surface area contributed by atoms with Crippen LogP contribution < -0.4 is 5.43 Å². The highest BCUT2D eigenvalue weighted by molar-refractivity contribution is 5.90. The van der Waals surface area contributed by atoms with Gasteiger partial charge in [0.25, 0.3) is 0 Å². The highest BCUT2D eigenvalue weighted by Crippen LogP contribution is 2.18. The fourth-order valence-electron chi connectivity index (χ4n) is 2.38. The van der Waals surface area contributed by atoms with E-state index in [4.69, 9.17) is 0 Å². The Morgan fingerprint density at radius 3 is 2.50 bits per heavy atom. The van der Waals surface area contributed by atoms with E-state index < -0.39 is 0 Å². The van der Waals surface area contributed by atoms with Crippen molar-refractivity contribution in [3.8, 4) is 0 Å². The Morgan fingerprint density at radius 1 is 0.909 bits per heavy atom. The lowest BCUT2D eigenvalue weighted by atomic mass is 10.0. The van der Waals surface area contributed by atoms with Crippen molar-refractivity contribution in [2.75, 3.05) is 0 Å². The van der Waals surface area contributed by atoms with Gasteiger partial charge in [0.05, 0.1) is 12.6 Å². The summed E-state index contributed by atoms with van der Waals surface area (Å²) in [6.45, 7) is 0. The van der Waals surface area contributed by atoms with Gasteiger partial charge in [0, 0.05) is 0 Å². The fraction of sp³-hybridized carbons (Fsp3) is 0.0526. The van der Waals surface area contributed by atoms with E-state index in [0.29, 0.717) is 6.42 Å². The molecule has 0 bridgehead atoms. The van der Waals surface area contributed by atoms with E-state index in [1.807, 2.05) is 72.8 Å². The third-order valence-corrected chi connectivity index (χ3v) is 3.43. The van der Waals surface area contributed by atoms with E-state index in [1.165, 1.54) is 0 Å². The Morgan fingerprint density at radius 2 is 1.64 bits per heavy atom. The summed E-state index contributed by atoms with van der Waals surface area (Å²) in [4.78, 5) is 12.0. The minimum Gasteiger partial charge on any atom is -0.273 e. The second-order valence-electron chi connectivity index (χ2n) is 5.02. The molecular weight excluding hydrogens is 272 g/mol. The van der Waals surface area contributed by atoms with Crippen molar-refractivity contribution < 1.29 is 4.79 Å². The highest BCUT2D eigenvalue weighted by atomic mass is 16.2. The summed E-state index contributed by atoms with van der Waals surface area (Å²) in [6.07, 6.45) is 1.95. The molecule has 0 aromatic heterocycles. The van der Waals surface area contributed by atoms with Crippen LogP contribution in [0.1, 0.15) is 11.1 Å². The maximum Gasteiger partial charge on any atom is 0.244 e. The molecule has 0 aliphatic heterocycles. The zero-order chi connectivity index (χ0) is 15.2. The summed E-state index contributed by atoms with van der Waals surface area (Å²) in [5.74, 6) is -0.122. The summed E-state index contributed by atoms with van der Waals surface area (Å²) >= 11 is 0. The maximum atomic E-state index is 12.0. The number of carbonyl (C=O) groups is 1. The summed E-state index contributed by atoms with van der Waals surface area (Å²) in [5.41, 5.74) is 4.53. The molecule has 0 radical (unpaired) electrons. The molecule has 3 heteroatoms. The van der Waals surface area contributed by atoms with Crippen molar-refractivity contribution in [3.63, 3.8) is 0 Å². The molecule has 0 unspecified atom stereocenters. The molecule has 108 valence electrons. The van der Waals surface area contributed by atoms with Gasteiger partial charge in [0.1, 0.15) is 0 Å². The lowest BCUT2D eigenvalue weighted by molar-refractivity contribution is -0.120. The van der Waals surface area contributed by atoms with Gasteiger partial charge in [-0.1, -0.05) is 72.8 Å². The number of hydrogen-bond donors (Lipinski definition) is 1. The molecule has 22 heavy (non-hydrogen) atoms. The smallest absolute Gasteiger partial charge is 0.244 e. The van der Waals surface area contributed by atoms with Gasteiger partial charge in [0.2, 0.25) is 5.91 Å². The average Bonchev–Trinajstić information content (AvgIpc) is 2.56. The molecule has 3 aromatic rings. The number of carbonyl (C=O) groups excluding carboxylic acids is 1. The van der Waals surface area contributed by atoms with Gasteiger partial charge in [-0.15, -0.1) is 0 Å². The second-order valence-corrected chi connectivity index (χ2v) is 5.02. The zero-order valence-corrected chi connectivity index (χ0v) is 12.1. The monoisotopic (exact) mass is 288 g/mol. The lowest BCUT2D eigenvalue weighted by Crippen LogP contribution is -2.19. The Hall–Kier alpha value is -2.94. The number of rotatable bonds is 4. The normalized spacial score (nSPS) is 10.9. The molecule has 1 N–H and O–H groups in total. The second kappa shape index (κ2) is 6.68. The average molecular weight is 288 g/mol. The van der Waals surface area contributed by atoms with Crippen molar-refractivity contribution in [2.45, 2.75) is 6.42 Å². The van der Waals surface area contributed by atoms with Gasteiger partial charge in [-0.3, -0.25) is 4.79 Å². The van der Waals surface area contributed by atoms with Crippen molar-refractivity contribution in [2.24, 2.45) is 5.10 Å². The first-order valence-electron chi connectivity index (χ1n) is 7.16. The predicted octanol–water partition coefficient (Wildman–Crippen LogP) is 3.53. The topological polar surface area (TPSA) is 41.5 Å². The van der Waals surface area contributed by atoms with Crippen molar-refractivity contribution in [3.05, 3.63) is 83.9 Å². The van der Waals surface area contributed by atoms with E-state index in [-0.39, 0.29) is 5.91 Å². The highest BCUT2D eigenvalue weighted by Gasteiger charge is 2.05. The maximum absolute atomic E-state index is 12.0. The number of nitrogens with one attached hydrogen (secondary N) is 1. The predicted molar refractivity (Wildman–Crippen MR) is 89.8 cm³/mol. The molecule has 0 heterocycles. The van der Waals surface area contributed by atoms with Gasteiger partial charge < -0.3 is 0 Å². The van der Waals surface area contributed by atoms with Crippen molar-refractivity contribution in [1.82, 2.24) is 5.43 Å². The van der Waals surface area contributed by atoms with Crippen LogP contribution >= 0.6 is 0 Å². The first kappa shape index (κ1) is 14.0. The van der Waals surface area contributed by atoms with Crippen LogP contribution in [0.4, 0.5) is 0 Å². The van der Waals surface area contributed by atoms with Crippen molar-refractivity contribution >= 4 is 22.9 Å². The Balaban J connectivity index is 1.67. The quantitative estimate of drug-likeness (QED) is 0.579. The summed E-state index contributed by atoms with van der Waals surface area (Å²) < 4.78 is 0. The van der Waals surface area contributed by atoms with E-state index in [2.05, 4.69) is 10.5 Å². The van der Waals surface area contributed by atoms with E-state index >= 15 is 0 Å². The van der Waals surface area contributed by atoms with Gasteiger partial charge in [-0.05, 0) is 21.9 Å². The van der Waals surface area contributed by atoms with Crippen molar-refractivity contribution in [1.29, 1.82) is 0 Å². The van der Waals surface area contributed by atoms with Gasteiger partial charge in [0.15, 0.2) is 0 Å². The van der Waals surface area contributed by atoms with Crippen LogP contribution in [0.15, 0.2) is 77.9 Å². The third-order valence-electron chi connectivity index (χ3n) is 3.43. The third kappa shape index (κ3) is 3.38. The molecule has 3 aromatic carbocycles. The van der Waals surface area contributed by atoms with Crippen LogP contribution in [0, 0.1) is 0 Å². The van der Waals surface area contributed by atoms with Crippen LogP contribution in [-0.2, 0) is 11.2 Å². The minimum atomic E-state index is -0.122. The summed E-state index contributed by atoms with van der Waals surface area (Å²) in [5, 5.41) is 6.24. The molecule has 0 spiro atoms. The van der Waals surface area contributed by atoms with E-state index in [9.17, 15) is 4.79 Å².